The Morgan fingerprint density at radius 1 is 1.12 bits per heavy atom. The third-order valence-corrected chi connectivity index (χ3v) is 4.51. The molecule has 1 amide bonds. The molecule has 1 fully saturated rings. The zero-order valence-electron chi connectivity index (χ0n) is 14.0. The first-order valence-electron chi connectivity index (χ1n) is 8.62. The average Bonchev–Trinajstić information content (AvgIpc) is 2.84. The molecule has 1 saturated carbocycles. The van der Waals surface area contributed by atoms with E-state index in [9.17, 15) is 9.59 Å². The van der Waals surface area contributed by atoms with Gasteiger partial charge in [-0.15, -0.1) is 0 Å². The highest BCUT2D eigenvalue weighted by Crippen LogP contribution is 2.17. The normalized spacial score (nSPS) is 15.7. The summed E-state index contributed by atoms with van der Waals surface area (Å²) in [5.41, 5.74) is 1.18. The van der Waals surface area contributed by atoms with E-state index in [-0.39, 0.29) is 23.1 Å². The Bertz CT molecular complexity index is 760. The molecule has 0 aliphatic heterocycles. The van der Waals surface area contributed by atoms with Crippen LogP contribution in [0.1, 0.15) is 54.7 Å². The number of carbonyl (C=O) groups is 1. The summed E-state index contributed by atoms with van der Waals surface area (Å²) in [5.74, 6) is -0.364. The van der Waals surface area contributed by atoms with Crippen LogP contribution >= 0.6 is 0 Å². The first kappa shape index (κ1) is 16.4. The molecule has 0 saturated heterocycles. The molecular weight excluding hydrogens is 302 g/mol. The van der Waals surface area contributed by atoms with E-state index in [2.05, 4.69) is 10.4 Å². The molecule has 0 atom stereocenters. The fourth-order valence-electron chi connectivity index (χ4n) is 3.21. The van der Waals surface area contributed by atoms with Crippen molar-refractivity contribution < 1.29 is 4.79 Å². The Hall–Kier alpha value is -2.43. The van der Waals surface area contributed by atoms with Crippen molar-refractivity contribution in [3.63, 3.8) is 0 Å². The molecule has 0 bridgehead atoms. The van der Waals surface area contributed by atoms with Crippen LogP contribution in [0.25, 0.3) is 5.69 Å². The second-order valence-corrected chi connectivity index (χ2v) is 6.41. The first-order valence-corrected chi connectivity index (χ1v) is 8.62. The number of amides is 1. The van der Waals surface area contributed by atoms with Crippen molar-refractivity contribution in [2.45, 2.75) is 51.5 Å². The number of aryl methyl sites for hydroxylation is 1. The number of nitrogens with one attached hydrogen (secondary N) is 1. The van der Waals surface area contributed by atoms with Crippen LogP contribution < -0.4 is 10.7 Å². The van der Waals surface area contributed by atoms with E-state index in [0.29, 0.717) is 5.69 Å². The largest absolute Gasteiger partial charge is 0.348 e. The number of carbonyl (C=O) groups excluding carboxylic acids is 1. The molecule has 1 N–H and O–H groups in total. The molecule has 1 aliphatic carbocycles. The topological polar surface area (TPSA) is 64.0 Å². The molecule has 0 spiro atoms. The van der Waals surface area contributed by atoms with Crippen molar-refractivity contribution in [1.82, 2.24) is 15.1 Å². The van der Waals surface area contributed by atoms with Gasteiger partial charge >= 0.3 is 0 Å². The van der Waals surface area contributed by atoms with E-state index in [1.807, 2.05) is 37.3 Å². The zero-order valence-corrected chi connectivity index (χ0v) is 14.0. The fraction of sp³-hybridized carbons (Fsp3) is 0.421. The molecule has 1 aromatic carbocycles. The van der Waals surface area contributed by atoms with Crippen LogP contribution in [0.4, 0.5) is 0 Å². The number of rotatable bonds is 3. The van der Waals surface area contributed by atoms with Gasteiger partial charge in [-0.1, -0.05) is 43.9 Å². The van der Waals surface area contributed by atoms with Crippen molar-refractivity contribution in [3.05, 3.63) is 58.0 Å². The Morgan fingerprint density at radius 2 is 1.79 bits per heavy atom. The van der Waals surface area contributed by atoms with Gasteiger partial charge in [-0.05, 0) is 31.9 Å². The van der Waals surface area contributed by atoms with Gasteiger partial charge in [0, 0.05) is 17.8 Å². The van der Waals surface area contributed by atoms with E-state index >= 15 is 0 Å². The zero-order chi connectivity index (χ0) is 16.9. The minimum atomic E-state index is -0.364. The summed E-state index contributed by atoms with van der Waals surface area (Å²) in [6.07, 6.45) is 6.64. The molecule has 1 heterocycles. The van der Waals surface area contributed by atoms with Gasteiger partial charge in [-0.25, -0.2) is 4.68 Å². The summed E-state index contributed by atoms with van der Waals surface area (Å²) >= 11 is 0. The summed E-state index contributed by atoms with van der Waals surface area (Å²) in [4.78, 5) is 24.8. The average molecular weight is 325 g/mol. The van der Waals surface area contributed by atoms with E-state index in [1.165, 1.54) is 18.9 Å². The van der Waals surface area contributed by atoms with Gasteiger partial charge in [0.15, 0.2) is 5.69 Å². The van der Waals surface area contributed by atoms with E-state index in [4.69, 9.17) is 0 Å². The molecule has 5 nitrogen and oxygen atoms in total. The molecule has 2 aromatic rings. The number of para-hydroxylation sites is 1. The molecule has 126 valence electrons. The predicted molar refractivity (Wildman–Crippen MR) is 93.5 cm³/mol. The summed E-state index contributed by atoms with van der Waals surface area (Å²) < 4.78 is 1.64. The van der Waals surface area contributed by atoms with E-state index in [0.717, 1.165) is 31.4 Å². The van der Waals surface area contributed by atoms with E-state index < -0.39 is 0 Å². The van der Waals surface area contributed by atoms with Crippen molar-refractivity contribution in [2.75, 3.05) is 0 Å². The van der Waals surface area contributed by atoms with Crippen molar-refractivity contribution in [1.29, 1.82) is 0 Å². The van der Waals surface area contributed by atoms with Crippen molar-refractivity contribution in [3.8, 4) is 5.69 Å². The van der Waals surface area contributed by atoms with Crippen LogP contribution in [0, 0.1) is 6.92 Å². The van der Waals surface area contributed by atoms with Gasteiger partial charge < -0.3 is 5.32 Å². The predicted octanol–water partition coefficient (Wildman–Crippen LogP) is 2.99. The quantitative estimate of drug-likeness (QED) is 0.882. The summed E-state index contributed by atoms with van der Waals surface area (Å²) in [7, 11) is 0. The SMILES string of the molecule is Cc1cc(=O)c(C(=O)NC2CCCCCC2)nn1-c1ccccc1. The minimum Gasteiger partial charge on any atom is -0.348 e. The molecule has 1 aromatic heterocycles. The van der Waals surface area contributed by atoms with Crippen LogP contribution in [0.15, 0.2) is 41.2 Å². The van der Waals surface area contributed by atoms with Crippen LogP contribution in [-0.4, -0.2) is 21.7 Å². The number of hydrogen-bond donors (Lipinski definition) is 1. The molecule has 5 heteroatoms. The molecule has 0 unspecified atom stereocenters. The Kier molecular flexibility index (Phi) is 5.08. The summed E-state index contributed by atoms with van der Waals surface area (Å²) in [6.45, 7) is 1.81. The third kappa shape index (κ3) is 3.72. The lowest BCUT2D eigenvalue weighted by Crippen LogP contribution is -2.38. The summed E-state index contributed by atoms with van der Waals surface area (Å²) in [6, 6.07) is 11.1. The lowest BCUT2D eigenvalue weighted by molar-refractivity contribution is 0.0925. The molecule has 1 aliphatic rings. The van der Waals surface area contributed by atoms with Crippen molar-refractivity contribution >= 4 is 5.91 Å². The maximum Gasteiger partial charge on any atom is 0.276 e. The van der Waals surface area contributed by atoms with Gasteiger partial charge in [0.05, 0.1) is 5.69 Å². The lowest BCUT2D eigenvalue weighted by Gasteiger charge is -2.16. The molecule has 24 heavy (non-hydrogen) atoms. The van der Waals surface area contributed by atoms with Crippen LogP contribution in [-0.2, 0) is 0 Å². The molecule has 0 radical (unpaired) electrons. The highest BCUT2D eigenvalue weighted by Gasteiger charge is 2.20. The number of nitrogens with zero attached hydrogens (tertiary/aromatic N) is 2. The highest BCUT2D eigenvalue weighted by atomic mass is 16.2. The van der Waals surface area contributed by atoms with Crippen LogP contribution in [0.2, 0.25) is 0 Å². The standard InChI is InChI=1S/C19H23N3O2/c1-14-13-17(23)18(21-22(14)16-11-7-4-8-12-16)19(24)20-15-9-5-2-3-6-10-15/h4,7-8,11-13,15H,2-3,5-6,9-10H2,1H3,(H,20,24). The van der Waals surface area contributed by atoms with Gasteiger partial charge in [0.2, 0.25) is 5.43 Å². The monoisotopic (exact) mass is 325 g/mol. The highest BCUT2D eigenvalue weighted by molar-refractivity contribution is 5.92. The second kappa shape index (κ2) is 7.43. The first-order chi connectivity index (χ1) is 11.6. The number of hydrogen-bond acceptors (Lipinski definition) is 3. The lowest BCUT2D eigenvalue weighted by atomic mass is 10.1. The van der Waals surface area contributed by atoms with Gasteiger partial charge in [-0.2, -0.15) is 5.10 Å². The third-order valence-electron chi connectivity index (χ3n) is 4.51. The summed E-state index contributed by atoms with van der Waals surface area (Å²) in [5, 5.41) is 7.32. The molecular formula is C19H23N3O2. The fourth-order valence-corrected chi connectivity index (χ4v) is 3.21. The number of benzene rings is 1. The van der Waals surface area contributed by atoms with Crippen LogP contribution in [0.3, 0.4) is 0 Å². The second-order valence-electron chi connectivity index (χ2n) is 6.41. The van der Waals surface area contributed by atoms with Crippen molar-refractivity contribution in [2.24, 2.45) is 0 Å². The van der Waals surface area contributed by atoms with E-state index in [1.54, 1.807) is 4.68 Å². The number of aromatic nitrogens is 2. The van der Waals surface area contributed by atoms with Gasteiger partial charge in [0.25, 0.3) is 5.91 Å². The molecule has 3 rings (SSSR count). The van der Waals surface area contributed by atoms with Gasteiger partial charge in [0.1, 0.15) is 0 Å². The maximum absolute atomic E-state index is 12.6. The Labute approximate surface area is 141 Å². The van der Waals surface area contributed by atoms with Crippen LogP contribution in [0.5, 0.6) is 0 Å². The minimum absolute atomic E-state index is 0.0336. The Balaban J connectivity index is 1.87. The maximum atomic E-state index is 12.6. The Morgan fingerprint density at radius 3 is 2.46 bits per heavy atom. The van der Waals surface area contributed by atoms with Gasteiger partial charge in [-0.3, -0.25) is 9.59 Å². The smallest absolute Gasteiger partial charge is 0.276 e.